The summed E-state index contributed by atoms with van der Waals surface area (Å²) in [5, 5.41) is 14.0. The van der Waals surface area contributed by atoms with Crippen LogP contribution in [-0.2, 0) is 6.18 Å². The highest BCUT2D eigenvalue weighted by atomic mass is 79.9. The number of anilines is 2. The lowest BCUT2D eigenvalue weighted by molar-refractivity contribution is -0.137. The number of aromatic nitrogens is 4. The molecule has 1 aromatic heterocycles. The fourth-order valence-electron chi connectivity index (χ4n) is 1.95. The number of nitrogens with one attached hydrogen (secondary N) is 1. The van der Waals surface area contributed by atoms with E-state index in [4.69, 9.17) is 0 Å². The molecule has 0 unspecified atom stereocenters. The number of alkyl halides is 3. The van der Waals surface area contributed by atoms with Crippen LogP contribution in [0.2, 0.25) is 0 Å². The summed E-state index contributed by atoms with van der Waals surface area (Å²) in [6.45, 7) is 0. The Kier molecular flexibility index (Phi) is 4.03. The van der Waals surface area contributed by atoms with Crippen LogP contribution in [0.5, 0.6) is 0 Å². The van der Waals surface area contributed by atoms with Crippen molar-refractivity contribution < 1.29 is 13.2 Å². The van der Waals surface area contributed by atoms with Gasteiger partial charge in [0.05, 0.1) is 11.3 Å². The van der Waals surface area contributed by atoms with Crippen molar-refractivity contribution >= 4 is 27.6 Å². The molecule has 0 aliphatic rings. The molecule has 23 heavy (non-hydrogen) atoms. The number of halogens is 4. The summed E-state index contributed by atoms with van der Waals surface area (Å²) in [6.07, 6.45) is -4.43. The number of hydrogen-bond acceptors (Lipinski definition) is 4. The topological polar surface area (TPSA) is 55.6 Å². The average Bonchev–Trinajstić information content (AvgIpc) is 2.95. The smallest absolute Gasteiger partial charge is 0.323 e. The number of hydrogen-bond donors (Lipinski definition) is 1. The summed E-state index contributed by atoms with van der Waals surface area (Å²) in [7, 11) is 0. The summed E-state index contributed by atoms with van der Waals surface area (Å²) in [4.78, 5) is 0. The van der Waals surface area contributed by atoms with E-state index in [2.05, 4.69) is 36.8 Å². The zero-order valence-electron chi connectivity index (χ0n) is 11.4. The number of rotatable bonds is 3. The molecule has 0 aliphatic heterocycles. The molecule has 0 atom stereocenters. The van der Waals surface area contributed by atoms with Gasteiger partial charge in [-0.15, -0.1) is 0 Å². The van der Waals surface area contributed by atoms with Gasteiger partial charge in [0.25, 0.3) is 5.95 Å². The minimum absolute atomic E-state index is 0.210. The first-order chi connectivity index (χ1) is 10.9. The van der Waals surface area contributed by atoms with Gasteiger partial charge in [-0.3, -0.25) is 0 Å². The Labute approximate surface area is 137 Å². The van der Waals surface area contributed by atoms with Crippen LogP contribution in [0.25, 0.3) is 5.69 Å². The number of benzene rings is 2. The van der Waals surface area contributed by atoms with Crippen LogP contribution in [-0.4, -0.2) is 20.2 Å². The highest BCUT2D eigenvalue weighted by Crippen LogP contribution is 2.30. The van der Waals surface area contributed by atoms with Gasteiger partial charge < -0.3 is 5.32 Å². The molecule has 3 rings (SSSR count). The van der Waals surface area contributed by atoms with E-state index in [1.54, 1.807) is 12.1 Å². The molecule has 118 valence electrons. The first kappa shape index (κ1) is 15.5. The second-order valence-corrected chi connectivity index (χ2v) is 5.51. The highest BCUT2D eigenvalue weighted by molar-refractivity contribution is 9.10. The van der Waals surface area contributed by atoms with Gasteiger partial charge >= 0.3 is 6.18 Å². The van der Waals surface area contributed by atoms with Crippen LogP contribution in [0, 0.1) is 0 Å². The molecule has 9 heteroatoms. The third-order valence-electron chi connectivity index (χ3n) is 2.97. The van der Waals surface area contributed by atoms with Gasteiger partial charge in [0.15, 0.2) is 0 Å². The standard InChI is InChI=1S/C14H9BrF3N5/c15-10-4-2-5-11(8-10)19-13-20-21-22-23(13)12-6-1-3-9(7-12)14(16,17)18/h1-8H,(H,19,20,22). The Hall–Kier alpha value is -2.42. The lowest BCUT2D eigenvalue weighted by Gasteiger charge is -2.10. The van der Waals surface area contributed by atoms with E-state index in [1.807, 2.05) is 12.1 Å². The minimum atomic E-state index is -4.43. The number of tetrazole rings is 1. The molecule has 0 fully saturated rings. The summed E-state index contributed by atoms with van der Waals surface area (Å²) in [6, 6.07) is 12.0. The van der Waals surface area contributed by atoms with Crippen molar-refractivity contribution in [1.82, 2.24) is 20.2 Å². The Morgan fingerprint density at radius 1 is 1.04 bits per heavy atom. The molecule has 0 radical (unpaired) electrons. The van der Waals surface area contributed by atoms with Crippen molar-refractivity contribution in [1.29, 1.82) is 0 Å². The zero-order chi connectivity index (χ0) is 16.4. The Morgan fingerprint density at radius 3 is 2.57 bits per heavy atom. The molecular formula is C14H9BrF3N5. The van der Waals surface area contributed by atoms with Crippen molar-refractivity contribution in [2.24, 2.45) is 0 Å². The second kappa shape index (κ2) is 5.99. The second-order valence-electron chi connectivity index (χ2n) is 4.60. The third-order valence-corrected chi connectivity index (χ3v) is 3.46. The Balaban J connectivity index is 1.95. The van der Waals surface area contributed by atoms with Crippen molar-refractivity contribution in [2.45, 2.75) is 6.18 Å². The van der Waals surface area contributed by atoms with Gasteiger partial charge in [0.1, 0.15) is 0 Å². The van der Waals surface area contributed by atoms with Gasteiger partial charge in [0.2, 0.25) is 0 Å². The van der Waals surface area contributed by atoms with E-state index in [0.717, 1.165) is 16.6 Å². The molecule has 3 aromatic rings. The fourth-order valence-corrected chi connectivity index (χ4v) is 2.35. The van der Waals surface area contributed by atoms with Crippen LogP contribution < -0.4 is 5.32 Å². The Bertz CT molecular complexity index is 831. The largest absolute Gasteiger partial charge is 0.416 e. The van der Waals surface area contributed by atoms with Crippen LogP contribution in [0.1, 0.15) is 5.56 Å². The number of nitrogens with zero attached hydrogens (tertiary/aromatic N) is 4. The maximum atomic E-state index is 12.8. The molecule has 1 N–H and O–H groups in total. The van der Waals surface area contributed by atoms with Gasteiger partial charge in [0, 0.05) is 10.2 Å². The molecule has 0 spiro atoms. The van der Waals surface area contributed by atoms with Crippen LogP contribution in [0.3, 0.4) is 0 Å². The average molecular weight is 384 g/mol. The molecule has 0 aliphatic carbocycles. The van der Waals surface area contributed by atoms with Crippen LogP contribution in [0.4, 0.5) is 24.8 Å². The van der Waals surface area contributed by atoms with E-state index >= 15 is 0 Å². The summed E-state index contributed by atoms with van der Waals surface area (Å²) >= 11 is 3.34. The lowest BCUT2D eigenvalue weighted by Crippen LogP contribution is -2.08. The molecule has 0 bridgehead atoms. The molecule has 2 aromatic carbocycles. The summed E-state index contributed by atoms with van der Waals surface area (Å²) < 4.78 is 40.5. The third kappa shape index (κ3) is 3.50. The van der Waals surface area contributed by atoms with E-state index in [-0.39, 0.29) is 11.6 Å². The normalized spacial score (nSPS) is 11.5. The fraction of sp³-hybridized carbons (Fsp3) is 0.0714. The van der Waals surface area contributed by atoms with Crippen molar-refractivity contribution in [3.8, 4) is 5.69 Å². The van der Waals surface area contributed by atoms with E-state index in [1.165, 1.54) is 16.8 Å². The quantitative estimate of drug-likeness (QED) is 0.736. The van der Waals surface area contributed by atoms with Gasteiger partial charge in [-0.2, -0.15) is 17.9 Å². The Morgan fingerprint density at radius 2 is 1.83 bits per heavy atom. The minimum Gasteiger partial charge on any atom is -0.323 e. The predicted molar refractivity (Wildman–Crippen MR) is 81.6 cm³/mol. The van der Waals surface area contributed by atoms with Crippen molar-refractivity contribution in [3.05, 3.63) is 58.6 Å². The molecule has 0 saturated heterocycles. The first-order valence-electron chi connectivity index (χ1n) is 6.42. The molecular weight excluding hydrogens is 375 g/mol. The van der Waals surface area contributed by atoms with E-state index < -0.39 is 11.7 Å². The van der Waals surface area contributed by atoms with Gasteiger partial charge in [-0.1, -0.05) is 33.2 Å². The molecule has 0 amide bonds. The molecule has 0 saturated carbocycles. The summed E-state index contributed by atoms with van der Waals surface area (Å²) in [5.41, 5.74) is 0.142. The maximum absolute atomic E-state index is 12.8. The first-order valence-corrected chi connectivity index (χ1v) is 7.21. The monoisotopic (exact) mass is 383 g/mol. The summed E-state index contributed by atoms with van der Waals surface area (Å²) in [5.74, 6) is 0.211. The van der Waals surface area contributed by atoms with Crippen molar-refractivity contribution in [3.63, 3.8) is 0 Å². The predicted octanol–water partition coefficient (Wildman–Crippen LogP) is 4.19. The SMILES string of the molecule is FC(F)(F)c1cccc(-n2nnnc2Nc2cccc(Br)c2)c1. The molecule has 5 nitrogen and oxygen atoms in total. The van der Waals surface area contributed by atoms with Crippen LogP contribution in [0.15, 0.2) is 53.0 Å². The van der Waals surface area contributed by atoms with E-state index in [0.29, 0.717) is 5.69 Å². The lowest BCUT2D eigenvalue weighted by atomic mass is 10.2. The maximum Gasteiger partial charge on any atom is 0.416 e. The van der Waals surface area contributed by atoms with Crippen LogP contribution >= 0.6 is 15.9 Å². The molecule has 1 heterocycles. The van der Waals surface area contributed by atoms with Gasteiger partial charge in [-0.05, 0) is 46.8 Å². The van der Waals surface area contributed by atoms with Crippen molar-refractivity contribution in [2.75, 3.05) is 5.32 Å². The van der Waals surface area contributed by atoms with E-state index in [9.17, 15) is 13.2 Å². The highest BCUT2D eigenvalue weighted by Gasteiger charge is 2.30. The zero-order valence-corrected chi connectivity index (χ0v) is 13.0. The van der Waals surface area contributed by atoms with Gasteiger partial charge in [-0.25, -0.2) is 0 Å².